The van der Waals surface area contributed by atoms with Crippen molar-refractivity contribution in [3.63, 3.8) is 0 Å². The van der Waals surface area contributed by atoms with Crippen LogP contribution in [0.5, 0.6) is 0 Å². The smallest absolute Gasteiger partial charge is 0.152 e. The number of allylic oxidation sites excluding steroid dienone is 1. The Morgan fingerprint density at radius 3 is 2.27 bits per heavy atom. The molecule has 1 fully saturated rings. The summed E-state index contributed by atoms with van der Waals surface area (Å²) in [4.78, 5) is 10.5. The lowest BCUT2D eigenvalue weighted by Crippen LogP contribution is -2.49. The summed E-state index contributed by atoms with van der Waals surface area (Å²) >= 11 is 0. The zero-order chi connectivity index (χ0) is 8.54. The Bertz CT molecular complexity index is 264. The number of hydrogen-bond donors (Lipinski definition) is 0. The van der Waals surface area contributed by atoms with Gasteiger partial charge in [0.25, 0.3) is 0 Å². The summed E-state index contributed by atoms with van der Waals surface area (Å²) in [6.07, 6.45) is 2.79. The summed E-state index contributed by atoms with van der Waals surface area (Å²) < 4.78 is 21.5. The van der Waals surface area contributed by atoms with Crippen LogP contribution in [0.25, 0.3) is 0 Å². The molecule has 0 aliphatic carbocycles. The van der Waals surface area contributed by atoms with Gasteiger partial charge in [-0.3, -0.25) is 0 Å². The lowest BCUT2D eigenvalue weighted by Gasteiger charge is -2.34. The van der Waals surface area contributed by atoms with Gasteiger partial charge in [0.1, 0.15) is 6.29 Å². The molecule has 0 unspecified atom stereocenters. The molecule has 1 rings (SSSR count). The maximum Gasteiger partial charge on any atom is 0.152 e. The highest BCUT2D eigenvalue weighted by molar-refractivity contribution is 7.93. The van der Waals surface area contributed by atoms with Gasteiger partial charge >= 0.3 is 0 Å². The molecule has 0 spiro atoms. The van der Waals surface area contributed by atoms with Crippen LogP contribution in [0.3, 0.4) is 0 Å². The predicted molar refractivity (Wildman–Crippen MR) is 42.0 cm³/mol. The maximum absolute atomic E-state index is 10.7. The van der Waals surface area contributed by atoms with Crippen LogP contribution in [-0.2, 0) is 14.6 Å². The topological polar surface area (TPSA) is 51.2 Å². The standard InChI is InChI=1S/C7H10O3S/c1-2-3-7(4-8)5-11(9,10)6-7/h2,4H,1,3,5-6H2. The summed E-state index contributed by atoms with van der Waals surface area (Å²) in [6.45, 7) is 3.47. The Morgan fingerprint density at radius 1 is 1.45 bits per heavy atom. The fourth-order valence-electron chi connectivity index (χ4n) is 1.36. The molecule has 0 radical (unpaired) electrons. The van der Waals surface area contributed by atoms with E-state index in [2.05, 4.69) is 6.58 Å². The zero-order valence-electron chi connectivity index (χ0n) is 6.12. The molecule has 0 aromatic rings. The van der Waals surface area contributed by atoms with Crippen molar-refractivity contribution in [3.8, 4) is 0 Å². The van der Waals surface area contributed by atoms with Crippen LogP contribution >= 0.6 is 0 Å². The van der Waals surface area contributed by atoms with Crippen molar-refractivity contribution in [1.29, 1.82) is 0 Å². The molecule has 3 nitrogen and oxygen atoms in total. The van der Waals surface area contributed by atoms with Gasteiger partial charge in [0, 0.05) is 0 Å². The number of sulfone groups is 1. The lowest BCUT2D eigenvalue weighted by atomic mass is 9.90. The summed E-state index contributed by atoms with van der Waals surface area (Å²) in [7, 11) is -2.90. The molecule has 0 saturated carbocycles. The Kier molecular flexibility index (Phi) is 1.88. The first-order chi connectivity index (χ1) is 5.04. The second-order valence-corrected chi connectivity index (χ2v) is 5.07. The van der Waals surface area contributed by atoms with E-state index in [0.717, 1.165) is 6.29 Å². The van der Waals surface area contributed by atoms with E-state index < -0.39 is 15.3 Å². The quantitative estimate of drug-likeness (QED) is 0.453. The van der Waals surface area contributed by atoms with Crippen molar-refractivity contribution in [2.45, 2.75) is 6.42 Å². The fourth-order valence-corrected chi connectivity index (χ4v) is 3.39. The van der Waals surface area contributed by atoms with Crippen LogP contribution in [-0.4, -0.2) is 26.2 Å². The van der Waals surface area contributed by atoms with E-state index in [-0.39, 0.29) is 11.5 Å². The molecule has 0 bridgehead atoms. The van der Waals surface area contributed by atoms with Gasteiger partial charge in [0.2, 0.25) is 0 Å². The van der Waals surface area contributed by atoms with Gasteiger partial charge in [-0.15, -0.1) is 6.58 Å². The van der Waals surface area contributed by atoms with Crippen LogP contribution in [0.15, 0.2) is 12.7 Å². The summed E-state index contributed by atoms with van der Waals surface area (Å²) in [6, 6.07) is 0. The normalized spacial score (nSPS) is 25.1. The minimum absolute atomic E-state index is 0.00444. The summed E-state index contributed by atoms with van der Waals surface area (Å²) in [5.41, 5.74) is -0.638. The van der Waals surface area contributed by atoms with E-state index in [9.17, 15) is 13.2 Å². The summed E-state index contributed by atoms with van der Waals surface area (Å²) in [5.74, 6) is -0.00889. The van der Waals surface area contributed by atoms with Crippen LogP contribution < -0.4 is 0 Å². The van der Waals surface area contributed by atoms with Crippen LogP contribution in [0, 0.1) is 5.41 Å². The second-order valence-electron chi connectivity index (χ2n) is 3.01. The molecule has 62 valence electrons. The molecule has 0 N–H and O–H groups in total. The fraction of sp³-hybridized carbons (Fsp3) is 0.571. The summed E-state index contributed by atoms with van der Waals surface area (Å²) in [5, 5.41) is 0. The van der Waals surface area contributed by atoms with Crippen molar-refractivity contribution in [3.05, 3.63) is 12.7 Å². The van der Waals surface area contributed by atoms with Crippen LogP contribution in [0.1, 0.15) is 6.42 Å². The van der Waals surface area contributed by atoms with Gasteiger partial charge in [-0.25, -0.2) is 8.42 Å². The molecule has 1 saturated heterocycles. The molecule has 11 heavy (non-hydrogen) atoms. The maximum atomic E-state index is 10.7. The van der Waals surface area contributed by atoms with Crippen molar-refractivity contribution in [2.75, 3.05) is 11.5 Å². The Balaban J connectivity index is 2.71. The van der Waals surface area contributed by atoms with Crippen LogP contribution in [0.2, 0.25) is 0 Å². The molecular weight excluding hydrogens is 164 g/mol. The molecule has 0 aromatic heterocycles. The number of carbonyl (C=O) groups excluding carboxylic acids is 1. The SMILES string of the molecule is C=CCC1(C=O)CS(=O)(=O)C1. The van der Waals surface area contributed by atoms with E-state index >= 15 is 0 Å². The van der Waals surface area contributed by atoms with Gasteiger partial charge in [-0.05, 0) is 6.42 Å². The van der Waals surface area contributed by atoms with Crippen molar-refractivity contribution >= 4 is 16.1 Å². The second kappa shape index (κ2) is 2.44. The lowest BCUT2D eigenvalue weighted by molar-refractivity contribution is -0.114. The highest BCUT2D eigenvalue weighted by atomic mass is 32.2. The third-order valence-electron chi connectivity index (χ3n) is 1.82. The average Bonchev–Trinajstić information content (AvgIpc) is 1.84. The molecule has 0 amide bonds. The minimum Gasteiger partial charge on any atom is -0.303 e. The third kappa shape index (κ3) is 1.50. The number of carbonyl (C=O) groups is 1. The number of hydrogen-bond acceptors (Lipinski definition) is 3. The first-order valence-corrected chi connectivity index (χ1v) is 5.13. The van der Waals surface area contributed by atoms with Gasteiger partial charge in [0.05, 0.1) is 16.9 Å². The first-order valence-electron chi connectivity index (χ1n) is 3.31. The van der Waals surface area contributed by atoms with E-state index in [1.165, 1.54) is 0 Å². The number of aldehydes is 1. The molecule has 0 aromatic carbocycles. The molecule has 1 heterocycles. The first kappa shape index (κ1) is 8.46. The van der Waals surface area contributed by atoms with Gasteiger partial charge in [0.15, 0.2) is 9.84 Å². The van der Waals surface area contributed by atoms with Gasteiger partial charge < -0.3 is 4.79 Å². The minimum atomic E-state index is -2.90. The van der Waals surface area contributed by atoms with Crippen LogP contribution in [0.4, 0.5) is 0 Å². The zero-order valence-corrected chi connectivity index (χ0v) is 6.93. The Hall–Kier alpha value is -0.640. The Labute approximate surface area is 66.0 Å². The van der Waals surface area contributed by atoms with E-state index in [1.807, 2.05) is 0 Å². The average molecular weight is 174 g/mol. The van der Waals surface area contributed by atoms with Crippen molar-refractivity contribution in [1.82, 2.24) is 0 Å². The monoisotopic (exact) mass is 174 g/mol. The van der Waals surface area contributed by atoms with Gasteiger partial charge in [-0.2, -0.15) is 0 Å². The van der Waals surface area contributed by atoms with Crippen molar-refractivity contribution in [2.24, 2.45) is 5.41 Å². The molecule has 1 aliphatic heterocycles. The largest absolute Gasteiger partial charge is 0.303 e. The molecular formula is C7H10O3S. The predicted octanol–water partition coefficient (Wildman–Crippen LogP) is 0.176. The van der Waals surface area contributed by atoms with E-state index in [4.69, 9.17) is 0 Å². The highest BCUT2D eigenvalue weighted by Crippen LogP contribution is 2.34. The molecule has 1 aliphatic rings. The molecule has 4 heteroatoms. The highest BCUT2D eigenvalue weighted by Gasteiger charge is 2.47. The Morgan fingerprint density at radius 2 is 2.00 bits per heavy atom. The van der Waals surface area contributed by atoms with Gasteiger partial charge in [-0.1, -0.05) is 6.08 Å². The third-order valence-corrected chi connectivity index (χ3v) is 3.85. The van der Waals surface area contributed by atoms with E-state index in [1.54, 1.807) is 6.08 Å². The molecule has 0 atom stereocenters. The number of rotatable bonds is 3. The van der Waals surface area contributed by atoms with Crippen molar-refractivity contribution < 1.29 is 13.2 Å². The van der Waals surface area contributed by atoms with E-state index in [0.29, 0.717) is 6.42 Å².